The van der Waals surface area contributed by atoms with Gasteiger partial charge in [0.15, 0.2) is 0 Å². The Hall–Kier alpha value is -1.14. The number of hydrogen-bond donors (Lipinski definition) is 2. The van der Waals surface area contributed by atoms with Crippen LogP contribution in [0.4, 0.5) is 11.6 Å². The van der Waals surface area contributed by atoms with Crippen molar-refractivity contribution in [3.8, 4) is 0 Å². The third-order valence-corrected chi connectivity index (χ3v) is 4.27. The van der Waals surface area contributed by atoms with Gasteiger partial charge in [-0.05, 0) is 28.4 Å². The second kappa shape index (κ2) is 6.86. The zero-order valence-corrected chi connectivity index (χ0v) is 13.4. The Morgan fingerprint density at radius 1 is 1.26 bits per heavy atom. The van der Waals surface area contributed by atoms with Crippen molar-refractivity contribution in [2.45, 2.75) is 26.3 Å². The molecule has 0 radical (unpaired) electrons. The second-order valence-corrected chi connectivity index (χ2v) is 6.05. The summed E-state index contributed by atoms with van der Waals surface area (Å²) in [5.41, 5.74) is 0. The van der Waals surface area contributed by atoms with Crippen LogP contribution in [0, 0.1) is 0 Å². The molecule has 0 aromatic carbocycles. The summed E-state index contributed by atoms with van der Waals surface area (Å²) < 4.78 is 1.12. The maximum Gasteiger partial charge on any atom is 0.133 e. The van der Waals surface area contributed by atoms with Crippen LogP contribution >= 0.6 is 27.3 Å². The summed E-state index contributed by atoms with van der Waals surface area (Å²) in [4.78, 5) is 10.2. The van der Waals surface area contributed by atoms with Gasteiger partial charge >= 0.3 is 0 Å². The number of nitrogens with zero attached hydrogens (tertiary/aromatic N) is 2. The standard InChI is InChI=1S/C13H17BrN4S/c1-3-4-11-17-12(15-2)6-13(18-11)16-7-10-5-9(14)8-19-10/h5-6,8H,3-4,7H2,1-2H3,(H2,15,16,17,18). The van der Waals surface area contributed by atoms with E-state index in [1.165, 1.54) is 4.88 Å². The normalized spacial score (nSPS) is 10.5. The molecule has 0 bridgehead atoms. The molecule has 0 aliphatic heterocycles. The molecule has 2 N–H and O–H groups in total. The highest BCUT2D eigenvalue weighted by Gasteiger charge is 2.04. The molecule has 19 heavy (non-hydrogen) atoms. The van der Waals surface area contributed by atoms with Crippen molar-refractivity contribution in [1.82, 2.24) is 9.97 Å². The third-order valence-electron chi connectivity index (χ3n) is 2.57. The maximum atomic E-state index is 4.52. The van der Waals surface area contributed by atoms with E-state index >= 15 is 0 Å². The molecule has 4 nitrogen and oxygen atoms in total. The molecule has 0 amide bonds. The summed E-state index contributed by atoms with van der Waals surface area (Å²) in [5.74, 6) is 2.60. The van der Waals surface area contributed by atoms with Gasteiger partial charge in [0.25, 0.3) is 0 Å². The molecule has 0 unspecified atom stereocenters. The van der Waals surface area contributed by atoms with E-state index in [1.807, 2.05) is 13.1 Å². The molecule has 0 saturated carbocycles. The Balaban J connectivity index is 2.08. The summed E-state index contributed by atoms with van der Waals surface area (Å²) in [6, 6.07) is 4.05. The average molecular weight is 341 g/mol. The van der Waals surface area contributed by atoms with E-state index in [9.17, 15) is 0 Å². The lowest BCUT2D eigenvalue weighted by Gasteiger charge is -2.08. The Morgan fingerprint density at radius 2 is 2.05 bits per heavy atom. The lowest BCUT2D eigenvalue weighted by atomic mass is 10.3. The van der Waals surface area contributed by atoms with Crippen LogP contribution in [0.2, 0.25) is 0 Å². The molecule has 2 aromatic heterocycles. The molecule has 0 fully saturated rings. The van der Waals surface area contributed by atoms with E-state index < -0.39 is 0 Å². The molecule has 102 valence electrons. The van der Waals surface area contributed by atoms with Crippen molar-refractivity contribution in [3.63, 3.8) is 0 Å². The number of aryl methyl sites for hydroxylation is 1. The fourth-order valence-corrected chi connectivity index (χ4v) is 3.07. The Kier molecular flexibility index (Phi) is 5.15. The smallest absolute Gasteiger partial charge is 0.133 e. The second-order valence-electron chi connectivity index (χ2n) is 4.14. The average Bonchev–Trinajstić information content (AvgIpc) is 2.82. The van der Waals surface area contributed by atoms with Gasteiger partial charge in [-0.25, -0.2) is 9.97 Å². The summed E-state index contributed by atoms with van der Waals surface area (Å²) in [6.07, 6.45) is 1.94. The minimum absolute atomic E-state index is 0.780. The highest BCUT2D eigenvalue weighted by molar-refractivity contribution is 9.10. The van der Waals surface area contributed by atoms with E-state index in [4.69, 9.17) is 0 Å². The van der Waals surface area contributed by atoms with Crippen molar-refractivity contribution < 1.29 is 0 Å². The first-order valence-corrected chi connectivity index (χ1v) is 7.91. The highest BCUT2D eigenvalue weighted by Crippen LogP contribution is 2.21. The molecule has 2 heterocycles. The van der Waals surface area contributed by atoms with Gasteiger partial charge in [0.1, 0.15) is 17.5 Å². The highest BCUT2D eigenvalue weighted by atomic mass is 79.9. The monoisotopic (exact) mass is 340 g/mol. The molecule has 0 atom stereocenters. The van der Waals surface area contributed by atoms with E-state index in [1.54, 1.807) is 11.3 Å². The predicted octanol–water partition coefficient (Wildman–Crippen LogP) is 3.91. The van der Waals surface area contributed by atoms with E-state index in [-0.39, 0.29) is 0 Å². The van der Waals surface area contributed by atoms with Crippen LogP contribution in [0.15, 0.2) is 22.0 Å². The molecular weight excluding hydrogens is 324 g/mol. The first-order valence-electron chi connectivity index (χ1n) is 6.23. The van der Waals surface area contributed by atoms with Crippen molar-refractivity contribution in [1.29, 1.82) is 0 Å². The zero-order valence-electron chi connectivity index (χ0n) is 11.0. The van der Waals surface area contributed by atoms with Crippen LogP contribution < -0.4 is 10.6 Å². The molecule has 0 spiro atoms. The van der Waals surface area contributed by atoms with Gasteiger partial charge in [-0.2, -0.15) is 0 Å². The number of halogens is 1. The van der Waals surface area contributed by atoms with Crippen molar-refractivity contribution in [2.75, 3.05) is 17.7 Å². The summed E-state index contributed by atoms with van der Waals surface area (Å²) in [6.45, 7) is 2.91. The molecule has 0 saturated heterocycles. The lowest BCUT2D eigenvalue weighted by Crippen LogP contribution is -2.06. The van der Waals surface area contributed by atoms with E-state index in [2.05, 4.69) is 54.9 Å². The molecule has 0 aliphatic carbocycles. The first kappa shape index (κ1) is 14.3. The predicted molar refractivity (Wildman–Crippen MR) is 84.9 cm³/mol. The van der Waals surface area contributed by atoms with Crippen molar-refractivity contribution in [2.24, 2.45) is 0 Å². The van der Waals surface area contributed by atoms with Crippen LogP contribution in [-0.2, 0) is 13.0 Å². The molecule has 2 rings (SSSR count). The number of thiophene rings is 1. The Morgan fingerprint density at radius 3 is 2.68 bits per heavy atom. The minimum Gasteiger partial charge on any atom is -0.373 e. The van der Waals surface area contributed by atoms with E-state index in [0.29, 0.717) is 0 Å². The van der Waals surface area contributed by atoms with Crippen LogP contribution in [0.25, 0.3) is 0 Å². The molecule has 6 heteroatoms. The van der Waals surface area contributed by atoms with Gasteiger partial charge in [-0.3, -0.25) is 0 Å². The van der Waals surface area contributed by atoms with Crippen molar-refractivity contribution in [3.05, 3.63) is 32.7 Å². The summed E-state index contributed by atoms with van der Waals surface area (Å²) >= 11 is 5.19. The summed E-state index contributed by atoms with van der Waals surface area (Å²) in [7, 11) is 1.87. The van der Waals surface area contributed by atoms with Crippen LogP contribution in [0.3, 0.4) is 0 Å². The van der Waals surface area contributed by atoms with Gasteiger partial charge in [0, 0.05) is 34.3 Å². The van der Waals surface area contributed by atoms with Gasteiger partial charge < -0.3 is 10.6 Å². The summed E-state index contributed by atoms with van der Waals surface area (Å²) in [5, 5.41) is 8.50. The fourth-order valence-electron chi connectivity index (χ4n) is 1.68. The minimum atomic E-state index is 0.780. The van der Waals surface area contributed by atoms with Gasteiger partial charge in [0.05, 0.1) is 6.54 Å². The first-order chi connectivity index (χ1) is 9.21. The number of nitrogens with one attached hydrogen (secondary N) is 2. The number of aromatic nitrogens is 2. The van der Waals surface area contributed by atoms with Crippen LogP contribution in [0.5, 0.6) is 0 Å². The number of hydrogen-bond acceptors (Lipinski definition) is 5. The Labute approximate surface area is 125 Å². The largest absolute Gasteiger partial charge is 0.373 e. The van der Waals surface area contributed by atoms with Gasteiger partial charge in [-0.1, -0.05) is 6.92 Å². The van der Waals surface area contributed by atoms with Crippen LogP contribution in [0.1, 0.15) is 24.0 Å². The van der Waals surface area contributed by atoms with Gasteiger partial charge in [-0.15, -0.1) is 11.3 Å². The van der Waals surface area contributed by atoms with Crippen LogP contribution in [-0.4, -0.2) is 17.0 Å². The van der Waals surface area contributed by atoms with E-state index in [0.717, 1.165) is 41.3 Å². The van der Waals surface area contributed by atoms with Gasteiger partial charge in [0.2, 0.25) is 0 Å². The SMILES string of the molecule is CCCc1nc(NC)cc(NCc2cc(Br)cs2)n1. The molecule has 2 aromatic rings. The fraction of sp³-hybridized carbons (Fsp3) is 0.385. The lowest BCUT2D eigenvalue weighted by molar-refractivity contribution is 0.835. The quantitative estimate of drug-likeness (QED) is 0.836. The van der Waals surface area contributed by atoms with Crippen molar-refractivity contribution >= 4 is 38.9 Å². The maximum absolute atomic E-state index is 4.52. The number of anilines is 2. The number of rotatable bonds is 6. The zero-order chi connectivity index (χ0) is 13.7. The topological polar surface area (TPSA) is 49.8 Å². The third kappa shape index (κ3) is 4.18. The Bertz CT molecular complexity index is 541. The molecular formula is C13H17BrN4S. The molecule has 0 aliphatic rings.